The lowest BCUT2D eigenvalue weighted by atomic mass is 9.88. The van der Waals surface area contributed by atoms with E-state index < -0.39 is 0 Å². The fourth-order valence-corrected chi connectivity index (χ4v) is 2.28. The first-order chi connectivity index (χ1) is 8.87. The summed E-state index contributed by atoms with van der Waals surface area (Å²) in [6.07, 6.45) is 1.65. The highest BCUT2D eigenvalue weighted by molar-refractivity contribution is 9.10. The number of halogens is 1. The first-order valence-electron chi connectivity index (χ1n) is 6.51. The number of aliphatic hydroxyl groups excluding tert-OH is 1. The molecular formula is C15H22BrNO2. The number of amides is 1. The van der Waals surface area contributed by atoms with Crippen LogP contribution in [0.4, 0.5) is 0 Å². The summed E-state index contributed by atoms with van der Waals surface area (Å²) in [6, 6.07) is 5.62. The van der Waals surface area contributed by atoms with E-state index in [4.69, 9.17) is 5.11 Å². The van der Waals surface area contributed by atoms with Crippen molar-refractivity contribution in [1.29, 1.82) is 0 Å². The normalized spacial score (nSPS) is 11.4. The van der Waals surface area contributed by atoms with Crippen LogP contribution < -0.4 is 5.32 Å². The van der Waals surface area contributed by atoms with E-state index in [2.05, 4.69) is 35.1 Å². The van der Waals surface area contributed by atoms with Crippen molar-refractivity contribution >= 4 is 21.8 Å². The van der Waals surface area contributed by atoms with E-state index in [0.717, 1.165) is 22.9 Å². The Hall–Kier alpha value is -0.870. The van der Waals surface area contributed by atoms with Crippen molar-refractivity contribution in [1.82, 2.24) is 5.32 Å². The molecular weight excluding hydrogens is 306 g/mol. The summed E-state index contributed by atoms with van der Waals surface area (Å²) in [5.41, 5.74) is 1.65. The maximum Gasteiger partial charge on any atom is 0.251 e. The number of rotatable bonds is 6. The third kappa shape index (κ3) is 4.96. The van der Waals surface area contributed by atoms with Crippen molar-refractivity contribution in [3.05, 3.63) is 33.8 Å². The molecule has 0 aliphatic rings. The standard InChI is InChI=1S/C15H22BrNO2/c1-11-12(6-4-7-13(11)16)14(19)17-10-15(2,3)8-5-9-18/h4,6-7,18H,5,8-10H2,1-3H3,(H,17,19). The zero-order valence-electron chi connectivity index (χ0n) is 11.8. The van der Waals surface area contributed by atoms with Crippen molar-refractivity contribution in [3.8, 4) is 0 Å². The van der Waals surface area contributed by atoms with Gasteiger partial charge in [0.2, 0.25) is 0 Å². The summed E-state index contributed by atoms with van der Waals surface area (Å²) in [7, 11) is 0. The predicted molar refractivity (Wildman–Crippen MR) is 81.3 cm³/mol. The minimum atomic E-state index is -0.0455. The third-order valence-corrected chi connectivity index (χ3v) is 4.11. The lowest BCUT2D eigenvalue weighted by molar-refractivity contribution is 0.0932. The lowest BCUT2D eigenvalue weighted by Crippen LogP contribution is -2.34. The second-order valence-electron chi connectivity index (χ2n) is 5.59. The topological polar surface area (TPSA) is 49.3 Å². The van der Waals surface area contributed by atoms with Gasteiger partial charge in [0, 0.05) is 23.2 Å². The molecule has 1 aromatic carbocycles. The molecule has 106 valence electrons. The second kappa shape index (κ2) is 7.06. The molecule has 4 heteroatoms. The van der Waals surface area contributed by atoms with Gasteiger partial charge in [0.15, 0.2) is 0 Å². The van der Waals surface area contributed by atoms with E-state index in [1.54, 1.807) is 0 Å². The highest BCUT2D eigenvalue weighted by atomic mass is 79.9. The summed E-state index contributed by atoms with van der Waals surface area (Å²) >= 11 is 3.43. The summed E-state index contributed by atoms with van der Waals surface area (Å²) in [5.74, 6) is -0.0455. The minimum absolute atomic E-state index is 0.00168. The Labute approximate surface area is 123 Å². The van der Waals surface area contributed by atoms with Crippen molar-refractivity contribution in [2.75, 3.05) is 13.2 Å². The fraction of sp³-hybridized carbons (Fsp3) is 0.533. The molecule has 0 radical (unpaired) electrons. The quantitative estimate of drug-likeness (QED) is 0.842. The van der Waals surface area contributed by atoms with Gasteiger partial charge in [0.1, 0.15) is 0 Å². The lowest BCUT2D eigenvalue weighted by Gasteiger charge is -2.24. The van der Waals surface area contributed by atoms with Gasteiger partial charge in [0.05, 0.1) is 0 Å². The molecule has 0 unspecified atom stereocenters. The van der Waals surface area contributed by atoms with Crippen molar-refractivity contribution in [3.63, 3.8) is 0 Å². The fourth-order valence-electron chi connectivity index (χ4n) is 1.91. The molecule has 0 saturated carbocycles. The van der Waals surface area contributed by atoms with Crippen LogP contribution in [0.1, 0.15) is 42.6 Å². The first-order valence-corrected chi connectivity index (χ1v) is 7.31. The van der Waals surface area contributed by atoms with Gasteiger partial charge in [-0.3, -0.25) is 4.79 Å². The van der Waals surface area contributed by atoms with Crippen LogP contribution in [0, 0.1) is 12.3 Å². The SMILES string of the molecule is Cc1c(Br)cccc1C(=O)NCC(C)(C)CCCO. The molecule has 3 nitrogen and oxygen atoms in total. The van der Waals surface area contributed by atoms with Crippen LogP contribution in [-0.2, 0) is 0 Å². The average Bonchev–Trinajstić information content (AvgIpc) is 2.37. The number of carbonyl (C=O) groups is 1. The van der Waals surface area contributed by atoms with E-state index in [1.165, 1.54) is 0 Å². The van der Waals surface area contributed by atoms with Crippen LogP contribution in [0.3, 0.4) is 0 Å². The van der Waals surface area contributed by atoms with Crippen LogP contribution in [0.5, 0.6) is 0 Å². The summed E-state index contributed by atoms with van der Waals surface area (Å²) in [4.78, 5) is 12.2. The maximum absolute atomic E-state index is 12.2. The number of hydrogen-bond acceptors (Lipinski definition) is 2. The highest BCUT2D eigenvalue weighted by Gasteiger charge is 2.19. The van der Waals surface area contributed by atoms with Gasteiger partial charge in [-0.1, -0.05) is 35.8 Å². The molecule has 2 N–H and O–H groups in total. The molecule has 0 fully saturated rings. The predicted octanol–water partition coefficient (Wildman–Crippen LogP) is 3.29. The first kappa shape index (κ1) is 16.2. The minimum Gasteiger partial charge on any atom is -0.396 e. The molecule has 1 aromatic rings. The van der Waals surface area contributed by atoms with Gasteiger partial charge in [-0.2, -0.15) is 0 Å². The molecule has 0 aliphatic carbocycles. The van der Waals surface area contributed by atoms with Gasteiger partial charge in [-0.05, 0) is 42.9 Å². The Balaban J connectivity index is 2.63. The summed E-state index contributed by atoms with van der Waals surface area (Å²) in [5, 5.41) is 11.8. The van der Waals surface area contributed by atoms with Crippen LogP contribution in [0.2, 0.25) is 0 Å². The van der Waals surface area contributed by atoms with Crippen molar-refractivity contribution in [2.45, 2.75) is 33.6 Å². The summed E-state index contributed by atoms with van der Waals surface area (Å²) < 4.78 is 0.944. The Morgan fingerprint density at radius 2 is 2.11 bits per heavy atom. The van der Waals surface area contributed by atoms with Crippen LogP contribution in [0.15, 0.2) is 22.7 Å². The zero-order chi connectivity index (χ0) is 14.5. The van der Waals surface area contributed by atoms with Gasteiger partial charge < -0.3 is 10.4 Å². The van der Waals surface area contributed by atoms with Crippen molar-refractivity contribution < 1.29 is 9.90 Å². The van der Waals surface area contributed by atoms with E-state index >= 15 is 0 Å². The van der Waals surface area contributed by atoms with E-state index in [-0.39, 0.29) is 17.9 Å². The number of aliphatic hydroxyl groups is 1. The second-order valence-corrected chi connectivity index (χ2v) is 6.44. The summed E-state index contributed by atoms with van der Waals surface area (Å²) in [6.45, 7) is 6.92. The molecule has 1 amide bonds. The van der Waals surface area contributed by atoms with Gasteiger partial charge >= 0.3 is 0 Å². The molecule has 0 spiro atoms. The third-order valence-electron chi connectivity index (χ3n) is 3.25. The smallest absolute Gasteiger partial charge is 0.251 e. The number of benzene rings is 1. The highest BCUT2D eigenvalue weighted by Crippen LogP contribution is 2.22. The molecule has 0 bridgehead atoms. The molecule has 0 atom stereocenters. The van der Waals surface area contributed by atoms with E-state index in [1.807, 2.05) is 25.1 Å². The Bertz CT molecular complexity index is 444. The molecule has 0 heterocycles. The van der Waals surface area contributed by atoms with Crippen LogP contribution in [0.25, 0.3) is 0 Å². The Kier molecular flexibility index (Phi) is 6.01. The largest absolute Gasteiger partial charge is 0.396 e. The van der Waals surface area contributed by atoms with Crippen molar-refractivity contribution in [2.24, 2.45) is 5.41 Å². The average molecular weight is 328 g/mol. The van der Waals surface area contributed by atoms with Gasteiger partial charge in [-0.25, -0.2) is 0 Å². The van der Waals surface area contributed by atoms with Crippen LogP contribution in [-0.4, -0.2) is 24.2 Å². The number of nitrogens with one attached hydrogen (secondary N) is 1. The maximum atomic E-state index is 12.2. The van der Waals surface area contributed by atoms with Gasteiger partial charge in [0.25, 0.3) is 5.91 Å². The molecule has 19 heavy (non-hydrogen) atoms. The van der Waals surface area contributed by atoms with Gasteiger partial charge in [-0.15, -0.1) is 0 Å². The Morgan fingerprint density at radius 3 is 2.74 bits per heavy atom. The number of carbonyl (C=O) groups excluding carboxylic acids is 1. The zero-order valence-corrected chi connectivity index (χ0v) is 13.4. The van der Waals surface area contributed by atoms with Crippen LogP contribution >= 0.6 is 15.9 Å². The van der Waals surface area contributed by atoms with E-state index in [0.29, 0.717) is 12.1 Å². The van der Waals surface area contributed by atoms with E-state index in [9.17, 15) is 4.79 Å². The number of hydrogen-bond donors (Lipinski definition) is 2. The Morgan fingerprint density at radius 1 is 1.42 bits per heavy atom. The monoisotopic (exact) mass is 327 g/mol. The molecule has 1 rings (SSSR count). The molecule has 0 saturated heterocycles. The molecule has 0 aliphatic heterocycles. The molecule has 0 aromatic heterocycles.